The molecule has 4 saturated carbocycles. The van der Waals surface area contributed by atoms with E-state index in [1.807, 2.05) is 0 Å². The SMILES string of the molecule is NC(=O)CNC(=O)CNC12CC3CC(CC(C3)C1)C2. The number of carbonyl (C=O) groups excluding carboxylic acids is 2. The first-order valence-electron chi connectivity index (χ1n) is 7.35. The molecule has 0 saturated heterocycles. The average Bonchev–Trinajstić information content (AvgIpc) is 2.32. The molecule has 19 heavy (non-hydrogen) atoms. The predicted octanol–water partition coefficient (Wildman–Crippen LogP) is 0.146. The van der Waals surface area contributed by atoms with Crippen LogP contribution in [0.2, 0.25) is 0 Å². The van der Waals surface area contributed by atoms with Crippen LogP contribution < -0.4 is 16.4 Å². The van der Waals surface area contributed by atoms with Crippen molar-refractivity contribution in [2.75, 3.05) is 13.1 Å². The zero-order valence-electron chi connectivity index (χ0n) is 11.3. The number of primary amides is 1. The highest BCUT2D eigenvalue weighted by Crippen LogP contribution is 2.55. The van der Waals surface area contributed by atoms with Gasteiger partial charge in [-0.05, 0) is 56.3 Å². The van der Waals surface area contributed by atoms with Crippen LogP contribution >= 0.6 is 0 Å². The van der Waals surface area contributed by atoms with Crippen LogP contribution in [0.1, 0.15) is 38.5 Å². The van der Waals surface area contributed by atoms with Crippen LogP contribution in [-0.2, 0) is 9.59 Å². The maximum absolute atomic E-state index is 11.7. The van der Waals surface area contributed by atoms with Gasteiger partial charge in [0.1, 0.15) is 0 Å². The van der Waals surface area contributed by atoms with Gasteiger partial charge in [0.05, 0.1) is 13.1 Å². The highest BCUT2D eigenvalue weighted by Gasteiger charge is 2.50. The Balaban J connectivity index is 1.52. The molecule has 0 heterocycles. The van der Waals surface area contributed by atoms with E-state index in [4.69, 9.17) is 5.73 Å². The Bertz CT molecular complexity index is 359. The summed E-state index contributed by atoms with van der Waals surface area (Å²) in [6.45, 7) is 0.237. The molecule has 4 aliphatic rings. The van der Waals surface area contributed by atoms with Crippen LogP contribution in [0.5, 0.6) is 0 Å². The lowest BCUT2D eigenvalue weighted by Gasteiger charge is -2.57. The van der Waals surface area contributed by atoms with Crippen LogP contribution in [0.4, 0.5) is 0 Å². The number of rotatable bonds is 5. The molecular formula is C14H23N3O2. The number of hydrogen-bond acceptors (Lipinski definition) is 3. The Morgan fingerprint density at radius 3 is 2.00 bits per heavy atom. The Morgan fingerprint density at radius 1 is 1.00 bits per heavy atom. The average molecular weight is 265 g/mol. The van der Waals surface area contributed by atoms with Gasteiger partial charge >= 0.3 is 0 Å². The van der Waals surface area contributed by atoms with Crippen LogP contribution in [-0.4, -0.2) is 30.4 Å². The summed E-state index contributed by atoms with van der Waals surface area (Å²) < 4.78 is 0. The molecule has 0 aromatic carbocycles. The topological polar surface area (TPSA) is 84.2 Å². The largest absolute Gasteiger partial charge is 0.368 e. The van der Waals surface area contributed by atoms with Crippen molar-refractivity contribution in [3.63, 3.8) is 0 Å². The van der Waals surface area contributed by atoms with E-state index in [0.717, 1.165) is 17.8 Å². The zero-order valence-corrected chi connectivity index (χ0v) is 11.3. The molecule has 4 rings (SSSR count). The number of nitrogens with two attached hydrogens (primary N) is 1. The Hall–Kier alpha value is -1.10. The zero-order chi connectivity index (χ0) is 13.5. The standard InChI is InChI=1S/C14H23N3O2/c15-12(18)7-16-13(19)8-17-14-4-9-1-10(5-14)3-11(2-9)6-14/h9-11,17H,1-8H2,(H2,15,18)(H,16,19). The predicted molar refractivity (Wildman–Crippen MR) is 71.1 cm³/mol. The van der Waals surface area contributed by atoms with Gasteiger partial charge in [0, 0.05) is 5.54 Å². The van der Waals surface area contributed by atoms with E-state index in [1.165, 1.54) is 38.5 Å². The summed E-state index contributed by atoms with van der Waals surface area (Å²) in [6, 6.07) is 0. The molecule has 0 radical (unpaired) electrons. The summed E-state index contributed by atoms with van der Waals surface area (Å²) in [4.78, 5) is 22.3. The van der Waals surface area contributed by atoms with Crippen molar-refractivity contribution in [3.8, 4) is 0 Å². The fourth-order valence-corrected chi connectivity index (χ4v) is 4.84. The van der Waals surface area contributed by atoms with E-state index >= 15 is 0 Å². The van der Waals surface area contributed by atoms with Gasteiger partial charge in [-0.2, -0.15) is 0 Å². The quantitative estimate of drug-likeness (QED) is 0.661. The van der Waals surface area contributed by atoms with Gasteiger partial charge in [0.2, 0.25) is 11.8 Å². The Morgan fingerprint density at radius 2 is 1.53 bits per heavy atom. The minimum atomic E-state index is -0.497. The van der Waals surface area contributed by atoms with E-state index in [-0.39, 0.29) is 18.0 Å². The van der Waals surface area contributed by atoms with E-state index in [1.54, 1.807) is 0 Å². The normalized spacial score (nSPS) is 39.3. The third kappa shape index (κ3) is 2.76. The van der Waals surface area contributed by atoms with Crippen molar-refractivity contribution in [3.05, 3.63) is 0 Å². The number of amides is 2. The molecule has 0 spiro atoms. The molecule has 0 atom stereocenters. The fourth-order valence-electron chi connectivity index (χ4n) is 4.84. The van der Waals surface area contributed by atoms with E-state index in [0.29, 0.717) is 6.54 Å². The molecule has 0 unspecified atom stereocenters. The number of nitrogens with one attached hydrogen (secondary N) is 2. The molecule has 2 amide bonds. The lowest BCUT2D eigenvalue weighted by molar-refractivity contribution is -0.125. The van der Waals surface area contributed by atoms with Gasteiger partial charge in [0.25, 0.3) is 0 Å². The van der Waals surface area contributed by atoms with Gasteiger partial charge in [-0.1, -0.05) is 0 Å². The monoisotopic (exact) mass is 265 g/mol. The van der Waals surface area contributed by atoms with Crippen molar-refractivity contribution in [2.24, 2.45) is 23.5 Å². The fraction of sp³-hybridized carbons (Fsp3) is 0.857. The first kappa shape index (κ1) is 12.9. The second kappa shape index (κ2) is 4.78. The third-order valence-electron chi connectivity index (χ3n) is 5.12. The van der Waals surface area contributed by atoms with Crippen molar-refractivity contribution >= 4 is 11.8 Å². The van der Waals surface area contributed by atoms with E-state index in [9.17, 15) is 9.59 Å². The van der Waals surface area contributed by atoms with Crippen molar-refractivity contribution in [1.82, 2.24) is 10.6 Å². The summed E-state index contributed by atoms with van der Waals surface area (Å²) in [5.41, 5.74) is 5.20. The number of carbonyl (C=O) groups is 2. The minimum absolute atomic E-state index is 0.0681. The molecular weight excluding hydrogens is 242 g/mol. The molecule has 4 aliphatic carbocycles. The van der Waals surface area contributed by atoms with Crippen LogP contribution in [0.25, 0.3) is 0 Å². The first-order chi connectivity index (χ1) is 9.05. The Kier molecular flexibility index (Phi) is 3.25. The molecule has 4 bridgehead atoms. The lowest BCUT2D eigenvalue weighted by Crippen LogP contribution is -2.60. The van der Waals surface area contributed by atoms with Crippen LogP contribution in [0, 0.1) is 17.8 Å². The van der Waals surface area contributed by atoms with E-state index < -0.39 is 5.91 Å². The second-order valence-electron chi connectivity index (χ2n) is 6.79. The molecule has 4 fully saturated rings. The van der Waals surface area contributed by atoms with Gasteiger partial charge in [-0.25, -0.2) is 0 Å². The second-order valence-corrected chi connectivity index (χ2v) is 6.79. The lowest BCUT2D eigenvalue weighted by atomic mass is 9.53. The van der Waals surface area contributed by atoms with Crippen LogP contribution in [0.15, 0.2) is 0 Å². The van der Waals surface area contributed by atoms with Gasteiger partial charge in [0.15, 0.2) is 0 Å². The maximum Gasteiger partial charge on any atom is 0.236 e. The van der Waals surface area contributed by atoms with E-state index in [2.05, 4.69) is 10.6 Å². The third-order valence-corrected chi connectivity index (χ3v) is 5.12. The molecule has 0 aliphatic heterocycles. The molecule has 5 nitrogen and oxygen atoms in total. The van der Waals surface area contributed by atoms with Gasteiger partial charge in [-0.3, -0.25) is 9.59 Å². The molecule has 0 aromatic heterocycles. The van der Waals surface area contributed by atoms with Crippen molar-refractivity contribution in [2.45, 2.75) is 44.1 Å². The first-order valence-corrected chi connectivity index (χ1v) is 7.35. The number of hydrogen-bond donors (Lipinski definition) is 3. The summed E-state index contributed by atoms with van der Waals surface area (Å²) in [5.74, 6) is 1.98. The van der Waals surface area contributed by atoms with Crippen LogP contribution in [0.3, 0.4) is 0 Å². The van der Waals surface area contributed by atoms with Crippen molar-refractivity contribution < 1.29 is 9.59 Å². The summed E-state index contributed by atoms with van der Waals surface area (Å²) in [7, 11) is 0. The molecule has 106 valence electrons. The minimum Gasteiger partial charge on any atom is -0.368 e. The Labute approximate surface area is 113 Å². The molecule has 5 heteroatoms. The van der Waals surface area contributed by atoms with Gasteiger partial charge < -0.3 is 16.4 Å². The molecule has 0 aromatic rings. The highest BCUT2D eigenvalue weighted by atomic mass is 16.2. The summed E-state index contributed by atoms with van der Waals surface area (Å²) >= 11 is 0. The summed E-state index contributed by atoms with van der Waals surface area (Å²) in [6.07, 6.45) is 7.87. The molecule has 4 N–H and O–H groups in total. The smallest absolute Gasteiger partial charge is 0.236 e. The highest BCUT2D eigenvalue weighted by molar-refractivity contribution is 5.84. The summed E-state index contributed by atoms with van der Waals surface area (Å²) in [5, 5.41) is 6.03. The van der Waals surface area contributed by atoms with Gasteiger partial charge in [-0.15, -0.1) is 0 Å². The van der Waals surface area contributed by atoms with Crippen molar-refractivity contribution in [1.29, 1.82) is 0 Å². The maximum atomic E-state index is 11.7.